The average molecular weight is 336 g/mol. The van der Waals surface area contributed by atoms with E-state index in [0.717, 1.165) is 0 Å². The number of aryl methyl sites for hydroxylation is 2. The molecular formula is C12H13ClF3N5O. The Morgan fingerprint density at radius 2 is 2.09 bits per heavy atom. The van der Waals surface area contributed by atoms with Crippen molar-refractivity contribution >= 4 is 23.2 Å². The maximum atomic E-state index is 12.8. The Hall–Kier alpha value is -2.03. The number of hydrogen-bond donors (Lipinski definition) is 2. The minimum absolute atomic E-state index is 0.113. The van der Waals surface area contributed by atoms with Crippen LogP contribution in [-0.2, 0) is 11.0 Å². The van der Waals surface area contributed by atoms with Crippen molar-refractivity contribution in [2.75, 3.05) is 5.32 Å². The summed E-state index contributed by atoms with van der Waals surface area (Å²) in [5.41, 5.74) is -0.918. The Bertz CT molecular complexity index is 687. The van der Waals surface area contributed by atoms with Crippen LogP contribution in [0, 0.1) is 13.8 Å². The Morgan fingerprint density at radius 3 is 2.59 bits per heavy atom. The van der Waals surface area contributed by atoms with Crippen LogP contribution in [-0.4, -0.2) is 25.9 Å². The molecule has 0 spiro atoms. The van der Waals surface area contributed by atoms with Crippen LogP contribution in [0.2, 0.25) is 5.02 Å². The molecule has 1 unspecified atom stereocenters. The molecule has 0 radical (unpaired) electrons. The van der Waals surface area contributed by atoms with Crippen molar-refractivity contribution < 1.29 is 18.0 Å². The number of amides is 1. The monoisotopic (exact) mass is 335 g/mol. The second-order valence-electron chi connectivity index (χ2n) is 4.78. The summed E-state index contributed by atoms with van der Waals surface area (Å²) < 4.78 is 39.8. The number of carbonyl (C=O) groups excluding carboxylic acids is 1. The molecule has 1 atom stereocenters. The number of nitrogens with zero attached hydrogens (tertiary/aromatic N) is 3. The van der Waals surface area contributed by atoms with Gasteiger partial charge in [-0.3, -0.25) is 14.6 Å². The molecule has 0 bridgehead atoms. The van der Waals surface area contributed by atoms with Crippen molar-refractivity contribution in [3.05, 3.63) is 28.3 Å². The minimum atomic E-state index is -4.66. The number of halogens is 4. The summed E-state index contributed by atoms with van der Waals surface area (Å²) in [4.78, 5) is 12.1. The molecule has 2 heterocycles. The molecule has 2 N–H and O–H groups in total. The van der Waals surface area contributed by atoms with Gasteiger partial charge in [-0.1, -0.05) is 11.6 Å². The zero-order chi connectivity index (χ0) is 16.7. The number of nitrogens with one attached hydrogen (secondary N) is 2. The van der Waals surface area contributed by atoms with Crippen molar-refractivity contribution in [1.29, 1.82) is 0 Å². The second kappa shape index (κ2) is 5.64. The van der Waals surface area contributed by atoms with E-state index in [2.05, 4.69) is 20.6 Å². The molecule has 0 fully saturated rings. The van der Waals surface area contributed by atoms with Gasteiger partial charge in [-0.05, 0) is 20.8 Å². The summed E-state index contributed by atoms with van der Waals surface area (Å²) in [6.45, 7) is 4.55. The number of hydrogen-bond acceptors (Lipinski definition) is 3. The highest BCUT2D eigenvalue weighted by Crippen LogP contribution is 2.35. The van der Waals surface area contributed by atoms with Crippen LogP contribution in [0.1, 0.15) is 30.0 Å². The van der Waals surface area contributed by atoms with Gasteiger partial charge in [0.2, 0.25) is 5.91 Å². The predicted octanol–water partition coefficient (Wildman–Crippen LogP) is 3.09. The normalized spacial score (nSPS) is 13.2. The smallest absolute Gasteiger partial charge is 0.321 e. The van der Waals surface area contributed by atoms with E-state index in [1.807, 2.05) is 0 Å². The number of aromatic nitrogens is 4. The minimum Gasteiger partial charge on any atom is -0.321 e. The lowest BCUT2D eigenvalue weighted by atomic mass is 10.2. The molecule has 120 valence electrons. The number of carbonyl (C=O) groups is 1. The molecule has 6 nitrogen and oxygen atoms in total. The molecule has 2 aromatic rings. The van der Waals surface area contributed by atoms with Crippen LogP contribution in [0.15, 0.2) is 6.20 Å². The van der Waals surface area contributed by atoms with Gasteiger partial charge >= 0.3 is 6.18 Å². The van der Waals surface area contributed by atoms with Gasteiger partial charge < -0.3 is 5.32 Å². The number of rotatable bonds is 3. The van der Waals surface area contributed by atoms with E-state index < -0.39 is 23.8 Å². The number of anilines is 1. The molecule has 22 heavy (non-hydrogen) atoms. The Morgan fingerprint density at radius 1 is 1.45 bits per heavy atom. The van der Waals surface area contributed by atoms with Crippen LogP contribution >= 0.6 is 11.6 Å². The Kier molecular flexibility index (Phi) is 4.19. The maximum absolute atomic E-state index is 12.8. The molecule has 0 saturated heterocycles. The average Bonchev–Trinajstić information content (AvgIpc) is 2.93. The van der Waals surface area contributed by atoms with Gasteiger partial charge in [0.1, 0.15) is 6.04 Å². The van der Waals surface area contributed by atoms with Gasteiger partial charge in [0.15, 0.2) is 5.69 Å². The van der Waals surface area contributed by atoms with Crippen molar-refractivity contribution in [2.45, 2.75) is 33.0 Å². The van der Waals surface area contributed by atoms with E-state index >= 15 is 0 Å². The van der Waals surface area contributed by atoms with Gasteiger partial charge in [0.25, 0.3) is 0 Å². The van der Waals surface area contributed by atoms with E-state index in [1.54, 1.807) is 6.92 Å². The molecule has 0 aliphatic heterocycles. The van der Waals surface area contributed by atoms with E-state index in [1.165, 1.54) is 24.7 Å². The summed E-state index contributed by atoms with van der Waals surface area (Å²) in [6, 6.07) is -0.832. The quantitative estimate of drug-likeness (QED) is 0.905. The maximum Gasteiger partial charge on any atom is 0.437 e. The first-order valence-corrected chi connectivity index (χ1v) is 6.63. The highest BCUT2D eigenvalue weighted by Gasteiger charge is 2.38. The Balaban J connectivity index is 2.24. The first-order chi connectivity index (χ1) is 10.1. The SMILES string of the molecule is Cc1nn(C(C)C(=O)Nc2c(C(F)(F)F)n[nH]c2C)cc1Cl. The summed E-state index contributed by atoms with van der Waals surface area (Å²) in [5, 5.41) is 12.0. The summed E-state index contributed by atoms with van der Waals surface area (Å²) in [7, 11) is 0. The Labute approximate surface area is 128 Å². The number of H-pyrrole nitrogens is 1. The first kappa shape index (κ1) is 16.3. The standard InChI is InChI=1S/C12H13ClF3N5O/c1-5-8(13)4-21(20-5)7(3)11(22)17-9-6(2)18-19-10(9)12(14,15)16/h4,7H,1-3H3,(H,17,22)(H,18,19). The number of aromatic amines is 1. The zero-order valence-electron chi connectivity index (χ0n) is 11.9. The van der Waals surface area contributed by atoms with Crippen LogP contribution in [0.5, 0.6) is 0 Å². The molecule has 0 aromatic carbocycles. The molecule has 2 aromatic heterocycles. The molecule has 0 saturated carbocycles. The lowest BCUT2D eigenvalue weighted by molar-refractivity contribution is -0.140. The van der Waals surface area contributed by atoms with Crippen LogP contribution in [0.4, 0.5) is 18.9 Å². The van der Waals surface area contributed by atoms with E-state index in [9.17, 15) is 18.0 Å². The molecule has 10 heteroatoms. The van der Waals surface area contributed by atoms with E-state index in [4.69, 9.17) is 11.6 Å². The summed E-state index contributed by atoms with van der Waals surface area (Å²) in [6.07, 6.45) is -3.23. The highest BCUT2D eigenvalue weighted by molar-refractivity contribution is 6.31. The highest BCUT2D eigenvalue weighted by atomic mass is 35.5. The third kappa shape index (κ3) is 3.08. The van der Waals surface area contributed by atoms with E-state index in [0.29, 0.717) is 10.7 Å². The third-order valence-corrected chi connectivity index (χ3v) is 3.47. The topological polar surface area (TPSA) is 75.6 Å². The summed E-state index contributed by atoms with van der Waals surface area (Å²) in [5.74, 6) is -0.658. The molecule has 1 amide bonds. The molecule has 2 rings (SSSR count). The van der Waals surface area contributed by atoms with Crippen LogP contribution in [0.25, 0.3) is 0 Å². The van der Waals surface area contributed by atoms with E-state index in [-0.39, 0.29) is 11.4 Å². The van der Waals surface area contributed by atoms with Crippen LogP contribution < -0.4 is 5.32 Å². The number of alkyl halides is 3. The zero-order valence-corrected chi connectivity index (χ0v) is 12.7. The van der Waals surface area contributed by atoms with Crippen molar-refractivity contribution in [3.63, 3.8) is 0 Å². The predicted molar refractivity (Wildman–Crippen MR) is 73.6 cm³/mol. The van der Waals surface area contributed by atoms with Gasteiger partial charge in [0, 0.05) is 6.20 Å². The molecule has 0 aliphatic carbocycles. The van der Waals surface area contributed by atoms with Gasteiger partial charge in [-0.2, -0.15) is 23.4 Å². The van der Waals surface area contributed by atoms with Crippen molar-refractivity contribution in [1.82, 2.24) is 20.0 Å². The second-order valence-corrected chi connectivity index (χ2v) is 5.18. The lowest BCUT2D eigenvalue weighted by Crippen LogP contribution is -2.25. The fraction of sp³-hybridized carbons (Fsp3) is 0.417. The largest absolute Gasteiger partial charge is 0.437 e. The van der Waals surface area contributed by atoms with Gasteiger partial charge in [0.05, 0.1) is 22.1 Å². The molecule has 0 aliphatic rings. The van der Waals surface area contributed by atoms with Crippen LogP contribution in [0.3, 0.4) is 0 Å². The fourth-order valence-electron chi connectivity index (χ4n) is 1.79. The van der Waals surface area contributed by atoms with Gasteiger partial charge in [-0.15, -0.1) is 0 Å². The van der Waals surface area contributed by atoms with Crippen molar-refractivity contribution in [2.24, 2.45) is 0 Å². The lowest BCUT2D eigenvalue weighted by Gasteiger charge is -2.14. The summed E-state index contributed by atoms with van der Waals surface area (Å²) >= 11 is 5.85. The fourth-order valence-corrected chi connectivity index (χ4v) is 1.93. The third-order valence-electron chi connectivity index (χ3n) is 3.10. The van der Waals surface area contributed by atoms with Gasteiger partial charge in [-0.25, -0.2) is 0 Å². The first-order valence-electron chi connectivity index (χ1n) is 6.25. The molecular weight excluding hydrogens is 323 g/mol. The van der Waals surface area contributed by atoms with Crippen molar-refractivity contribution in [3.8, 4) is 0 Å².